The molecule has 1 aliphatic rings. The molecule has 1 aliphatic carbocycles. The van der Waals surface area contributed by atoms with Crippen LogP contribution in [0.2, 0.25) is 0 Å². The molecule has 1 fully saturated rings. The summed E-state index contributed by atoms with van der Waals surface area (Å²) in [5, 5.41) is 0. The maximum Gasteiger partial charge on any atom is 0.0593 e. The smallest absolute Gasteiger partial charge is 0.0593 e. The lowest BCUT2D eigenvalue weighted by Crippen LogP contribution is -2.23. The average molecular weight is 272 g/mol. The molecule has 1 aromatic carbocycles. The number of hydrogen-bond donors (Lipinski definition) is 1. The largest absolute Gasteiger partial charge is 0.380 e. The lowest BCUT2D eigenvalue weighted by molar-refractivity contribution is 0.102. The summed E-state index contributed by atoms with van der Waals surface area (Å²) >= 11 is 0. The standard InChI is InChI=1S/C17H24N2O/c1-19(11-12-20-14-15-8-9-15)13-17-6-3-2-5-16(17)7-4-10-18/h2-3,5-6,15H,8-14,18H2,1H3. The van der Waals surface area contributed by atoms with Crippen molar-refractivity contribution >= 4 is 0 Å². The molecule has 0 amide bonds. The molecular weight excluding hydrogens is 248 g/mol. The molecule has 0 aromatic heterocycles. The van der Waals surface area contributed by atoms with Gasteiger partial charge in [-0.2, -0.15) is 0 Å². The number of nitrogens with zero attached hydrogens (tertiary/aromatic N) is 1. The van der Waals surface area contributed by atoms with Crippen LogP contribution in [0.15, 0.2) is 24.3 Å². The molecule has 2 N–H and O–H groups in total. The van der Waals surface area contributed by atoms with Gasteiger partial charge in [-0.05, 0) is 37.4 Å². The SMILES string of the molecule is CN(CCOCC1CC1)Cc1ccccc1C#CCN. The Bertz CT molecular complexity index is 471. The number of hydrogen-bond acceptors (Lipinski definition) is 3. The van der Waals surface area contributed by atoms with E-state index in [1.807, 2.05) is 6.07 Å². The third-order valence-electron chi connectivity index (χ3n) is 3.45. The van der Waals surface area contributed by atoms with Crippen LogP contribution in [0.5, 0.6) is 0 Å². The van der Waals surface area contributed by atoms with E-state index in [0.29, 0.717) is 6.54 Å². The summed E-state index contributed by atoms with van der Waals surface area (Å²) in [4.78, 5) is 2.27. The van der Waals surface area contributed by atoms with E-state index in [1.54, 1.807) is 0 Å². The highest BCUT2D eigenvalue weighted by Gasteiger charge is 2.20. The van der Waals surface area contributed by atoms with E-state index < -0.39 is 0 Å². The monoisotopic (exact) mass is 272 g/mol. The van der Waals surface area contributed by atoms with E-state index in [-0.39, 0.29) is 0 Å². The van der Waals surface area contributed by atoms with Crippen molar-refractivity contribution in [2.75, 3.05) is 33.4 Å². The number of rotatable bonds is 7. The zero-order valence-electron chi connectivity index (χ0n) is 12.3. The van der Waals surface area contributed by atoms with E-state index in [2.05, 4.69) is 42.0 Å². The summed E-state index contributed by atoms with van der Waals surface area (Å²) in [5.74, 6) is 6.90. The van der Waals surface area contributed by atoms with Crippen molar-refractivity contribution in [1.29, 1.82) is 0 Å². The van der Waals surface area contributed by atoms with Gasteiger partial charge in [-0.25, -0.2) is 0 Å². The van der Waals surface area contributed by atoms with E-state index in [4.69, 9.17) is 10.5 Å². The highest BCUT2D eigenvalue weighted by Crippen LogP contribution is 2.28. The third-order valence-corrected chi connectivity index (χ3v) is 3.45. The Balaban J connectivity index is 1.78. The quantitative estimate of drug-likeness (QED) is 0.608. The van der Waals surface area contributed by atoms with E-state index in [1.165, 1.54) is 18.4 Å². The lowest BCUT2D eigenvalue weighted by Gasteiger charge is -2.17. The van der Waals surface area contributed by atoms with Gasteiger partial charge in [-0.15, -0.1) is 0 Å². The van der Waals surface area contributed by atoms with Gasteiger partial charge in [0, 0.05) is 25.3 Å². The first-order valence-corrected chi connectivity index (χ1v) is 7.32. The van der Waals surface area contributed by atoms with E-state index >= 15 is 0 Å². The molecule has 0 bridgehead atoms. The second-order valence-electron chi connectivity index (χ2n) is 5.42. The van der Waals surface area contributed by atoms with Gasteiger partial charge in [0.25, 0.3) is 0 Å². The number of benzene rings is 1. The molecule has 0 radical (unpaired) electrons. The van der Waals surface area contributed by atoms with Gasteiger partial charge in [-0.3, -0.25) is 4.90 Å². The minimum Gasteiger partial charge on any atom is -0.380 e. The van der Waals surface area contributed by atoms with Crippen molar-refractivity contribution in [3.8, 4) is 11.8 Å². The molecule has 0 unspecified atom stereocenters. The third kappa shape index (κ3) is 5.34. The average Bonchev–Trinajstić information content (AvgIpc) is 3.27. The van der Waals surface area contributed by atoms with Crippen molar-refractivity contribution in [3.63, 3.8) is 0 Å². The normalized spacial score (nSPS) is 14.2. The van der Waals surface area contributed by atoms with Gasteiger partial charge in [0.2, 0.25) is 0 Å². The van der Waals surface area contributed by atoms with Crippen molar-refractivity contribution in [3.05, 3.63) is 35.4 Å². The molecule has 1 aromatic rings. The minimum atomic E-state index is 0.402. The molecule has 1 saturated carbocycles. The molecule has 0 heterocycles. The van der Waals surface area contributed by atoms with Gasteiger partial charge < -0.3 is 10.5 Å². The van der Waals surface area contributed by atoms with Gasteiger partial charge in [-0.1, -0.05) is 30.0 Å². The lowest BCUT2D eigenvalue weighted by atomic mass is 10.1. The topological polar surface area (TPSA) is 38.5 Å². The molecule has 0 spiro atoms. The van der Waals surface area contributed by atoms with Crippen LogP contribution in [0.4, 0.5) is 0 Å². The summed E-state index contributed by atoms with van der Waals surface area (Å²) in [7, 11) is 2.12. The summed E-state index contributed by atoms with van der Waals surface area (Å²) in [6.07, 6.45) is 2.70. The summed E-state index contributed by atoms with van der Waals surface area (Å²) in [6, 6.07) is 8.25. The van der Waals surface area contributed by atoms with E-state index in [0.717, 1.165) is 37.8 Å². The molecule has 108 valence electrons. The predicted octanol–water partition coefficient (Wildman–Crippen LogP) is 1.86. The molecular formula is C17H24N2O. The van der Waals surface area contributed by atoms with Crippen LogP contribution in [0.3, 0.4) is 0 Å². The summed E-state index contributed by atoms with van der Waals surface area (Å²) in [5.41, 5.74) is 7.76. The van der Waals surface area contributed by atoms with Crippen LogP contribution in [0, 0.1) is 17.8 Å². The highest BCUT2D eigenvalue weighted by molar-refractivity contribution is 5.41. The highest BCUT2D eigenvalue weighted by atomic mass is 16.5. The maximum atomic E-state index is 5.67. The first kappa shape index (κ1) is 15.1. The fourth-order valence-electron chi connectivity index (χ4n) is 2.05. The van der Waals surface area contributed by atoms with Crippen molar-refractivity contribution in [1.82, 2.24) is 4.90 Å². The Hall–Kier alpha value is -1.34. The molecule has 0 saturated heterocycles. The van der Waals surface area contributed by atoms with Gasteiger partial charge in [0.1, 0.15) is 0 Å². The van der Waals surface area contributed by atoms with Crippen LogP contribution in [0.25, 0.3) is 0 Å². The van der Waals surface area contributed by atoms with Crippen molar-refractivity contribution in [2.24, 2.45) is 11.7 Å². The van der Waals surface area contributed by atoms with Gasteiger partial charge >= 0.3 is 0 Å². The Kier molecular flexibility index (Phi) is 6.07. The second kappa shape index (κ2) is 8.06. The first-order chi connectivity index (χ1) is 9.79. The predicted molar refractivity (Wildman–Crippen MR) is 82.3 cm³/mol. The molecule has 2 rings (SSSR count). The maximum absolute atomic E-state index is 5.67. The van der Waals surface area contributed by atoms with Crippen molar-refractivity contribution < 1.29 is 4.74 Å². The van der Waals surface area contributed by atoms with E-state index in [9.17, 15) is 0 Å². The Labute approximate surface area is 122 Å². The molecule has 3 heteroatoms. The first-order valence-electron chi connectivity index (χ1n) is 7.32. The second-order valence-corrected chi connectivity index (χ2v) is 5.42. The minimum absolute atomic E-state index is 0.402. The van der Waals surface area contributed by atoms with Crippen molar-refractivity contribution in [2.45, 2.75) is 19.4 Å². The Morgan fingerprint density at radius 2 is 2.15 bits per heavy atom. The van der Waals surface area contributed by atoms with Crippen LogP contribution in [-0.2, 0) is 11.3 Å². The van der Waals surface area contributed by atoms with Gasteiger partial charge in [0.05, 0.1) is 13.2 Å². The molecule has 3 nitrogen and oxygen atoms in total. The van der Waals surface area contributed by atoms with Gasteiger partial charge in [0.15, 0.2) is 0 Å². The zero-order chi connectivity index (χ0) is 14.2. The van der Waals surface area contributed by atoms with Crippen LogP contribution in [0.1, 0.15) is 24.0 Å². The summed E-state index contributed by atoms with van der Waals surface area (Å²) in [6.45, 7) is 3.99. The number of ether oxygens (including phenoxy) is 1. The summed E-state index contributed by atoms with van der Waals surface area (Å²) < 4.78 is 5.67. The number of nitrogens with two attached hydrogens (primary N) is 1. The molecule has 0 atom stereocenters. The number of likely N-dealkylation sites (N-methyl/N-ethyl adjacent to an activating group) is 1. The Morgan fingerprint density at radius 3 is 2.90 bits per heavy atom. The van der Waals surface area contributed by atoms with Crippen LogP contribution in [-0.4, -0.2) is 38.3 Å². The molecule has 0 aliphatic heterocycles. The fraction of sp³-hybridized carbons (Fsp3) is 0.529. The molecule has 20 heavy (non-hydrogen) atoms. The zero-order valence-corrected chi connectivity index (χ0v) is 12.3. The van der Waals surface area contributed by atoms with Crippen LogP contribution >= 0.6 is 0 Å². The van der Waals surface area contributed by atoms with Crippen LogP contribution < -0.4 is 5.73 Å². The Morgan fingerprint density at radius 1 is 1.35 bits per heavy atom. The fourth-order valence-corrected chi connectivity index (χ4v) is 2.05.